The molecule has 12 heteroatoms. The Hall–Kier alpha value is -2.47. The van der Waals surface area contributed by atoms with Gasteiger partial charge in [0.2, 0.25) is 11.7 Å². The summed E-state index contributed by atoms with van der Waals surface area (Å²) in [6, 6.07) is 0.949. The van der Waals surface area contributed by atoms with E-state index in [0.717, 1.165) is 0 Å². The molecule has 0 saturated carbocycles. The summed E-state index contributed by atoms with van der Waals surface area (Å²) in [6.07, 6.45) is -6.95. The van der Waals surface area contributed by atoms with Gasteiger partial charge in [0, 0.05) is 12.5 Å². The Morgan fingerprint density at radius 2 is 1.86 bits per heavy atom. The van der Waals surface area contributed by atoms with E-state index in [4.69, 9.17) is 0 Å². The van der Waals surface area contributed by atoms with E-state index in [1.54, 1.807) is 0 Å². The minimum absolute atomic E-state index is 0.0320. The first-order valence-electron chi connectivity index (χ1n) is 8.59. The van der Waals surface area contributed by atoms with Crippen molar-refractivity contribution in [1.82, 2.24) is 4.90 Å². The molecule has 2 aliphatic heterocycles. The van der Waals surface area contributed by atoms with Crippen LogP contribution in [-0.4, -0.2) is 71.0 Å². The molecule has 29 heavy (non-hydrogen) atoms. The molecule has 1 fully saturated rings. The highest BCUT2D eigenvalue weighted by molar-refractivity contribution is 5.99. The van der Waals surface area contributed by atoms with E-state index >= 15 is 0 Å². The van der Waals surface area contributed by atoms with Crippen LogP contribution in [0.25, 0.3) is 0 Å². The summed E-state index contributed by atoms with van der Waals surface area (Å²) in [5, 5.41) is 16.8. The molecule has 2 unspecified atom stereocenters. The number of fused-ring (bicyclic) bond motifs is 1. The minimum atomic E-state index is -4.66. The number of amides is 1. The fourth-order valence-corrected chi connectivity index (χ4v) is 3.34. The van der Waals surface area contributed by atoms with Crippen LogP contribution in [0, 0.1) is 17.5 Å². The fourth-order valence-electron chi connectivity index (χ4n) is 3.34. The van der Waals surface area contributed by atoms with Crippen LogP contribution in [0.4, 0.5) is 26.3 Å². The topological polar surface area (TPSA) is 65.3 Å². The largest absolute Gasteiger partial charge is 0.489 e. The lowest BCUT2D eigenvalue weighted by molar-refractivity contribution is -0.734. The number of aliphatic hydroxyl groups excluding tert-OH is 1. The molecule has 158 valence electrons. The van der Waals surface area contributed by atoms with Crippen molar-refractivity contribution in [3.63, 3.8) is 0 Å². The van der Waals surface area contributed by atoms with Gasteiger partial charge in [-0.1, -0.05) is 10.2 Å². The number of benzene rings is 1. The zero-order valence-electron chi connectivity index (χ0n) is 15.2. The lowest BCUT2D eigenvalue weighted by Crippen LogP contribution is -2.65. The molecule has 2 atom stereocenters. The molecule has 1 saturated heterocycles. The van der Waals surface area contributed by atoms with Gasteiger partial charge in [0.25, 0.3) is 0 Å². The van der Waals surface area contributed by atoms with E-state index in [2.05, 4.69) is 10.2 Å². The molecule has 1 amide bonds. The highest BCUT2D eigenvalue weighted by Gasteiger charge is 2.57. The van der Waals surface area contributed by atoms with E-state index in [1.165, 1.54) is 11.9 Å². The van der Waals surface area contributed by atoms with Crippen LogP contribution >= 0.6 is 0 Å². The summed E-state index contributed by atoms with van der Waals surface area (Å²) >= 11 is 0. The molecule has 3 rings (SSSR count). The van der Waals surface area contributed by atoms with Crippen LogP contribution in [0.5, 0.6) is 0 Å². The van der Waals surface area contributed by atoms with E-state index in [-0.39, 0.29) is 31.0 Å². The van der Waals surface area contributed by atoms with Gasteiger partial charge in [-0.2, -0.15) is 13.2 Å². The van der Waals surface area contributed by atoms with Crippen LogP contribution in [-0.2, 0) is 11.2 Å². The van der Waals surface area contributed by atoms with Crippen LogP contribution in [0.1, 0.15) is 12.0 Å². The number of piperazine rings is 1. The molecular weight excluding hydrogens is 406 g/mol. The second kappa shape index (κ2) is 7.41. The van der Waals surface area contributed by atoms with Gasteiger partial charge >= 0.3 is 12.0 Å². The Kier molecular flexibility index (Phi) is 5.43. The van der Waals surface area contributed by atoms with Gasteiger partial charge in [0.15, 0.2) is 11.6 Å². The Labute approximate surface area is 161 Å². The quantitative estimate of drug-likeness (QED) is 0.457. The number of hydrogen-bond acceptors (Lipinski definition) is 4. The summed E-state index contributed by atoms with van der Waals surface area (Å²) in [6.45, 7) is -0.336. The molecule has 1 aromatic carbocycles. The third-order valence-electron chi connectivity index (χ3n) is 5.01. The minimum Gasteiger partial charge on any atom is -0.392 e. The number of halogens is 6. The number of carbonyl (C=O) groups is 1. The van der Waals surface area contributed by atoms with Crippen molar-refractivity contribution in [3.8, 4) is 0 Å². The van der Waals surface area contributed by atoms with Crippen molar-refractivity contribution >= 4 is 17.6 Å². The monoisotopic (exact) mass is 423 g/mol. The molecule has 1 aromatic rings. The summed E-state index contributed by atoms with van der Waals surface area (Å²) in [4.78, 5) is 13.6. The number of amidine groups is 2. The van der Waals surface area contributed by atoms with Crippen molar-refractivity contribution < 1.29 is 40.7 Å². The molecule has 2 aliphatic rings. The Morgan fingerprint density at radius 3 is 2.52 bits per heavy atom. The van der Waals surface area contributed by atoms with Gasteiger partial charge in [-0.15, -0.1) is 0 Å². The lowest BCUT2D eigenvalue weighted by atomic mass is 10.0. The average Bonchev–Trinajstić information content (AvgIpc) is 2.95. The summed E-state index contributed by atoms with van der Waals surface area (Å²) < 4.78 is 78.5. The maximum atomic E-state index is 13.7. The smallest absolute Gasteiger partial charge is 0.392 e. The number of aliphatic hydroxyl groups is 1. The Balaban J connectivity index is 1.61. The summed E-state index contributed by atoms with van der Waals surface area (Å²) in [5.74, 6) is -5.32. The maximum absolute atomic E-state index is 13.7. The van der Waals surface area contributed by atoms with Crippen molar-refractivity contribution in [3.05, 3.63) is 35.1 Å². The van der Waals surface area contributed by atoms with Gasteiger partial charge < -0.3 is 10.0 Å². The summed E-state index contributed by atoms with van der Waals surface area (Å²) in [7, 11) is 1.31. The van der Waals surface area contributed by atoms with E-state index < -0.39 is 58.8 Å². The number of rotatable bonds is 4. The molecule has 0 aliphatic carbocycles. The predicted octanol–water partition coefficient (Wildman–Crippen LogP) is 1.97. The second-order valence-electron chi connectivity index (χ2n) is 7.09. The van der Waals surface area contributed by atoms with Gasteiger partial charge in [0.05, 0.1) is 26.1 Å². The fraction of sp³-hybridized carbons (Fsp3) is 0.471. The molecule has 6 nitrogen and oxygen atoms in total. The number of carbonyl (C=O) groups excluding carboxylic acids is 1. The Bertz CT molecular complexity index is 901. The average molecular weight is 423 g/mol. The van der Waals surface area contributed by atoms with Crippen LogP contribution in [0.2, 0.25) is 0 Å². The SMILES string of the molecule is C[N+]12CCN(C(=O)CC(O)Cc3cc(F)c(F)cc3F)CC1=NN=C2C(F)(F)F. The third kappa shape index (κ3) is 4.13. The molecule has 0 radical (unpaired) electrons. The van der Waals surface area contributed by atoms with Crippen LogP contribution in [0.3, 0.4) is 0 Å². The van der Waals surface area contributed by atoms with Crippen LogP contribution < -0.4 is 0 Å². The molecule has 1 N–H and O–H groups in total. The third-order valence-corrected chi connectivity index (χ3v) is 5.01. The lowest BCUT2D eigenvalue weighted by Gasteiger charge is -2.38. The first-order chi connectivity index (χ1) is 13.4. The molecule has 0 bridgehead atoms. The molecule has 0 spiro atoms. The first kappa shape index (κ1) is 21.2. The van der Waals surface area contributed by atoms with E-state index in [0.29, 0.717) is 12.1 Å². The highest BCUT2D eigenvalue weighted by atomic mass is 19.4. The van der Waals surface area contributed by atoms with Crippen LogP contribution in [0.15, 0.2) is 22.3 Å². The van der Waals surface area contributed by atoms with Gasteiger partial charge in [-0.25, -0.2) is 17.7 Å². The normalized spacial score (nSPS) is 22.8. The highest BCUT2D eigenvalue weighted by Crippen LogP contribution is 2.30. The Morgan fingerprint density at radius 1 is 1.21 bits per heavy atom. The van der Waals surface area contributed by atoms with E-state index in [9.17, 15) is 36.2 Å². The van der Waals surface area contributed by atoms with Crippen molar-refractivity contribution in [1.29, 1.82) is 0 Å². The van der Waals surface area contributed by atoms with Crippen molar-refractivity contribution in [2.45, 2.75) is 25.1 Å². The second-order valence-corrected chi connectivity index (χ2v) is 7.09. The van der Waals surface area contributed by atoms with E-state index in [1.807, 2.05) is 0 Å². The zero-order chi connectivity index (χ0) is 21.6. The van der Waals surface area contributed by atoms with Gasteiger partial charge in [-0.3, -0.25) is 4.79 Å². The van der Waals surface area contributed by atoms with Crippen molar-refractivity contribution in [2.24, 2.45) is 10.2 Å². The number of likely N-dealkylation sites (N-methyl/N-ethyl adjacent to an activating group) is 1. The first-order valence-corrected chi connectivity index (χ1v) is 8.59. The van der Waals surface area contributed by atoms with Gasteiger partial charge in [-0.05, 0) is 11.6 Å². The number of alkyl halides is 3. The predicted molar refractivity (Wildman–Crippen MR) is 89.2 cm³/mol. The number of nitrogens with zero attached hydrogens (tertiary/aromatic N) is 4. The summed E-state index contributed by atoms with van der Waals surface area (Å²) in [5.41, 5.74) is -0.296. The van der Waals surface area contributed by atoms with Gasteiger partial charge in [0.1, 0.15) is 18.9 Å². The molecular formula is C17H17F6N4O2+. The number of hydrogen-bond donors (Lipinski definition) is 1. The molecule has 2 heterocycles. The number of quaternary nitrogens is 1. The molecule has 0 aromatic heterocycles. The standard InChI is InChI=1S/C17H17F6N4O2/c1-27-3-2-26(8-14(27)24-25-16(27)17(21,22)23)15(29)6-10(28)4-9-5-12(19)13(20)7-11(9)18/h5,7,10,28H,2-4,6,8H2,1H3/q+1. The maximum Gasteiger partial charge on any atom is 0.489 e. The zero-order valence-corrected chi connectivity index (χ0v) is 15.2. The van der Waals surface area contributed by atoms with Crippen molar-refractivity contribution in [2.75, 3.05) is 26.7 Å².